The van der Waals surface area contributed by atoms with Crippen LogP contribution in [0.5, 0.6) is 0 Å². The number of hydrogen-bond acceptors (Lipinski definition) is 7. The summed E-state index contributed by atoms with van der Waals surface area (Å²) >= 11 is 1.85. The molecule has 0 atom stereocenters. The molecule has 3 N–H and O–H groups in total. The zero-order valence-corrected chi connectivity index (χ0v) is 11.8. The molecule has 1 heterocycles. The minimum Gasteiger partial charge on any atom is -0.368 e. The molecule has 0 radical (unpaired) electrons. The first-order chi connectivity index (χ1) is 9.15. The maximum Gasteiger partial charge on any atom is 0.329 e. The maximum atomic E-state index is 10.8. The fourth-order valence-corrected chi connectivity index (χ4v) is 2.08. The smallest absolute Gasteiger partial charge is 0.329 e. The van der Waals surface area contributed by atoms with Crippen molar-refractivity contribution in [2.45, 2.75) is 25.7 Å². The molecule has 0 aliphatic heterocycles. The lowest BCUT2D eigenvalue weighted by Crippen LogP contribution is -2.08. The van der Waals surface area contributed by atoms with Gasteiger partial charge in [0.25, 0.3) is 0 Å². The van der Waals surface area contributed by atoms with Gasteiger partial charge in [0.1, 0.15) is 6.20 Å². The van der Waals surface area contributed by atoms with E-state index >= 15 is 0 Å². The predicted molar refractivity (Wildman–Crippen MR) is 78.4 cm³/mol. The van der Waals surface area contributed by atoms with Crippen LogP contribution >= 0.6 is 11.8 Å². The molecule has 106 valence electrons. The average Bonchev–Trinajstić information content (AvgIpc) is 2.37. The molecule has 1 aromatic rings. The van der Waals surface area contributed by atoms with Gasteiger partial charge < -0.3 is 11.1 Å². The summed E-state index contributed by atoms with van der Waals surface area (Å²) < 4.78 is 0. The van der Waals surface area contributed by atoms with Crippen molar-refractivity contribution >= 4 is 29.2 Å². The van der Waals surface area contributed by atoms with Gasteiger partial charge in [-0.15, -0.1) is 0 Å². The van der Waals surface area contributed by atoms with Gasteiger partial charge in [-0.3, -0.25) is 10.1 Å². The van der Waals surface area contributed by atoms with E-state index in [1.807, 2.05) is 11.8 Å². The summed E-state index contributed by atoms with van der Waals surface area (Å²) in [4.78, 5) is 17.7. The summed E-state index contributed by atoms with van der Waals surface area (Å²) in [6, 6.07) is 0. The van der Waals surface area contributed by atoms with Crippen LogP contribution in [-0.4, -0.2) is 33.4 Å². The fraction of sp³-hybridized carbons (Fsp3) is 0.636. The molecular weight excluding hydrogens is 266 g/mol. The molecule has 0 saturated carbocycles. The second kappa shape index (κ2) is 8.52. The molecule has 1 rings (SSSR count). The minimum atomic E-state index is -0.514. The van der Waals surface area contributed by atoms with Crippen LogP contribution in [0.1, 0.15) is 25.7 Å². The molecule has 0 aromatic carbocycles. The third-order valence-corrected chi connectivity index (χ3v) is 3.25. The first-order valence-corrected chi connectivity index (χ1v) is 7.54. The topological polar surface area (TPSA) is 107 Å². The van der Waals surface area contributed by atoms with E-state index in [1.54, 1.807) is 0 Å². The Morgan fingerprint density at radius 3 is 2.84 bits per heavy atom. The summed E-state index contributed by atoms with van der Waals surface area (Å²) in [5, 5.41) is 13.7. The van der Waals surface area contributed by atoms with Crippen molar-refractivity contribution in [2.75, 3.05) is 29.6 Å². The van der Waals surface area contributed by atoms with E-state index < -0.39 is 4.92 Å². The highest BCUT2D eigenvalue weighted by Gasteiger charge is 2.15. The largest absolute Gasteiger partial charge is 0.368 e. The number of anilines is 2. The number of aromatic nitrogens is 2. The molecule has 0 spiro atoms. The van der Waals surface area contributed by atoms with E-state index in [-0.39, 0.29) is 17.5 Å². The van der Waals surface area contributed by atoms with Crippen molar-refractivity contribution in [2.24, 2.45) is 0 Å². The molecule has 0 unspecified atom stereocenters. The van der Waals surface area contributed by atoms with Gasteiger partial charge in [0.2, 0.25) is 11.8 Å². The van der Waals surface area contributed by atoms with E-state index in [0.29, 0.717) is 6.54 Å². The van der Waals surface area contributed by atoms with Crippen LogP contribution in [0.3, 0.4) is 0 Å². The lowest BCUT2D eigenvalue weighted by atomic mass is 10.2. The third-order valence-electron chi connectivity index (χ3n) is 2.55. The highest BCUT2D eigenvalue weighted by molar-refractivity contribution is 7.98. The summed E-state index contributed by atoms with van der Waals surface area (Å²) in [7, 11) is 0. The van der Waals surface area contributed by atoms with E-state index in [1.165, 1.54) is 18.6 Å². The molecule has 19 heavy (non-hydrogen) atoms. The summed E-state index contributed by atoms with van der Waals surface area (Å²) in [5.74, 6) is 1.41. The predicted octanol–water partition coefficient (Wildman–Crippen LogP) is 2.30. The van der Waals surface area contributed by atoms with Gasteiger partial charge in [-0.2, -0.15) is 16.7 Å². The van der Waals surface area contributed by atoms with Crippen molar-refractivity contribution < 1.29 is 4.92 Å². The number of nitrogens with one attached hydrogen (secondary N) is 1. The first-order valence-electron chi connectivity index (χ1n) is 6.15. The second-order valence-electron chi connectivity index (χ2n) is 4.05. The molecule has 0 bridgehead atoms. The summed E-state index contributed by atoms with van der Waals surface area (Å²) in [6.07, 6.45) is 7.67. The third kappa shape index (κ3) is 5.73. The van der Waals surface area contributed by atoms with Gasteiger partial charge in [-0.1, -0.05) is 12.8 Å². The van der Waals surface area contributed by atoms with Crippen LogP contribution in [0.15, 0.2) is 6.20 Å². The maximum absolute atomic E-state index is 10.8. The number of unbranched alkanes of at least 4 members (excludes halogenated alkanes) is 3. The molecular formula is C11H19N5O2S. The van der Waals surface area contributed by atoms with E-state index in [9.17, 15) is 10.1 Å². The Labute approximate surface area is 116 Å². The van der Waals surface area contributed by atoms with Crippen molar-refractivity contribution in [3.63, 3.8) is 0 Å². The molecule has 0 saturated heterocycles. The van der Waals surface area contributed by atoms with Crippen molar-refractivity contribution in [1.29, 1.82) is 0 Å². The van der Waals surface area contributed by atoms with Crippen molar-refractivity contribution in [1.82, 2.24) is 9.97 Å². The monoisotopic (exact) mass is 285 g/mol. The Kier molecular flexibility index (Phi) is 6.94. The van der Waals surface area contributed by atoms with Gasteiger partial charge in [-0.05, 0) is 24.9 Å². The molecule has 0 aliphatic rings. The average molecular weight is 285 g/mol. The van der Waals surface area contributed by atoms with Crippen LogP contribution < -0.4 is 11.1 Å². The molecule has 0 amide bonds. The van der Waals surface area contributed by atoms with Gasteiger partial charge in [-0.25, -0.2) is 4.98 Å². The number of nitrogens with two attached hydrogens (primary N) is 1. The molecule has 0 fully saturated rings. The standard InChI is InChI=1S/C11H19N5O2S/c1-19-7-5-3-2-4-6-13-10-9(16(17)18)8-14-11(12)15-10/h8H,2-7H2,1H3,(H3,12,13,14,15). The number of rotatable bonds is 9. The lowest BCUT2D eigenvalue weighted by Gasteiger charge is -2.06. The Balaban J connectivity index is 2.36. The van der Waals surface area contributed by atoms with Crippen LogP contribution in [0.4, 0.5) is 17.5 Å². The first kappa shape index (κ1) is 15.5. The number of thioether (sulfide) groups is 1. The Morgan fingerprint density at radius 1 is 1.42 bits per heavy atom. The van der Waals surface area contributed by atoms with Crippen LogP contribution in [0.2, 0.25) is 0 Å². The van der Waals surface area contributed by atoms with E-state index in [2.05, 4.69) is 21.5 Å². The van der Waals surface area contributed by atoms with E-state index in [0.717, 1.165) is 19.0 Å². The Hall–Kier alpha value is -1.57. The number of nitro groups is 1. The van der Waals surface area contributed by atoms with Crippen LogP contribution in [0, 0.1) is 10.1 Å². The number of nitrogen functional groups attached to an aromatic ring is 1. The van der Waals surface area contributed by atoms with Gasteiger partial charge in [0, 0.05) is 6.54 Å². The highest BCUT2D eigenvalue weighted by atomic mass is 32.2. The number of nitrogens with zero attached hydrogens (tertiary/aromatic N) is 3. The Morgan fingerprint density at radius 2 is 2.16 bits per heavy atom. The molecule has 7 nitrogen and oxygen atoms in total. The van der Waals surface area contributed by atoms with Gasteiger partial charge in [0.05, 0.1) is 4.92 Å². The molecule has 8 heteroatoms. The zero-order valence-electron chi connectivity index (χ0n) is 11.0. The number of hydrogen-bond donors (Lipinski definition) is 2. The Bertz CT molecular complexity index is 416. The SMILES string of the molecule is CSCCCCCCNc1nc(N)ncc1[N+](=O)[O-]. The van der Waals surface area contributed by atoms with Crippen LogP contribution in [0.25, 0.3) is 0 Å². The second-order valence-corrected chi connectivity index (χ2v) is 5.04. The summed E-state index contributed by atoms with van der Waals surface area (Å²) in [6.45, 7) is 0.649. The molecule has 1 aromatic heterocycles. The quantitative estimate of drug-likeness (QED) is 0.407. The highest BCUT2D eigenvalue weighted by Crippen LogP contribution is 2.21. The zero-order chi connectivity index (χ0) is 14.1. The lowest BCUT2D eigenvalue weighted by molar-refractivity contribution is -0.384. The fourth-order valence-electron chi connectivity index (χ4n) is 1.58. The molecule has 0 aliphatic carbocycles. The summed E-state index contributed by atoms with van der Waals surface area (Å²) in [5.41, 5.74) is 5.28. The van der Waals surface area contributed by atoms with Gasteiger partial charge >= 0.3 is 5.69 Å². The minimum absolute atomic E-state index is 0.0353. The normalized spacial score (nSPS) is 10.4. The van der Waals surface area contributed by atoms with Gasteiger partial charge in [0.15, 0.2) is 0 Å². The van der Waals surface area contributed by atoms with E-state index in [4.69, 9.17) is 5.73 Å². The van der Waals surface area contributed by atoms with Crippen molar-refractivity contribution in [3.05, 3.63) is 16.3 Å². The van der Waals surface area contributed by atoms with Crippen molar-refractivity contribution in [3.8, 4) is 0 Å². The van der Waals surface area contributed by atoms with Crippen LogP contribution in [-0.2, 0) is 0 Å².